The molecule has 0 atom stereocenters. The number of hydrogen-bond donors (Lipinski definition) is 1. The molecule has 1 aromatic carbocycles. The number of amides is 1. The molecule has 1 saturated heterocycles. The summed E-state index contributed by atoms with van der Waals surface area (Å²) < 4.78 is 13.9. The highest BCUT2D eigenvalue weighted by Gasteiger charge is 2.22. The van der Waals surface area contributed by atoms with Gasteiger partial charge in [0, 0.05) is 19.1 Å². The standard InChI is InChI=1S/C17H25FN2O/c1-3-4-10-20-11-8-14(9-12-20)19-17(21)15-7-5-6-13(2)16(15)18/h5-7,14H,3-4,8-12H2,1-2H3,(H,19,21). The Morgan fingerprint density at radius 3 is 2.76 bits per heavy atom. The monoisotopic (exact) mass is 292 g/mol. The number of benzene rings is 1. The molecule has 1 amide bonds. The molecule has 1 aliphatic rings. The molecule has 0 aliphatic carbocycles. The van der Waals surface area contributed by atoms with E-state index in [1.54, 1.807) is 25.1 Å². The molecule has 1 N–H and O–H groups in total. The number of nitrogens with zero attached hydrogens (tertiary/aromatic N) is 1. The number of piperidine rings is 1. The van der Waals surface area contributed by atoms with Crippen LogP contribution in [-0.4, -0.2) is 36.5 Å². The SMILES string of the molecule is CCCCN1CCC(NC(=O)c2cccc(C)c2F)CC1. The van der Waals surface area contributed by atoms with Crippen LogP contribution in [0.2, 0.25) is 0 Å². The minimum atomic E-state index is -0.407. The number of carbonyl (C=O) groups is 1. The van der Waals surface area contributed by atoms with Crippen LogP contribution in [0.5, 0.6) is 0 Å². The van der Waals surface area contributed by atoms with Crippen LogP contribution >= 0.6 is 0 Å². The van der Waals surface area contributed by atoms with Gasteiger partial charge in [0.15, 0.2) is 0 Å². The second kappa shape index (κ2) is 7.55. The predicted octanol–water partition coefficient (Wildman–Crippen LogP) is 3.13. The number of halogens is 1. The van der Waals surface area contributed by atoms with Crippen molar-refractivity contribution < 1.29 is 9.18 Å². The van der Waals surface area contributed by atoms with Crippen LogP contribution in [0.3, 0.4) is 0 Å². The first-order valence-electron chi connectivity index (χ1n) is 7.90. The molecule has 0 radical (unpaired) electrons. The summed E-state index contributed by atoms with van der Waals surface area (Å²) in [5.41, 5.74) is 0.667. The Labute approximate surface area is 126 Å². The molecule has 0 saturated carbocycles. The van der Waals surface area contributed by atoms with E-state index in [2.05, 4.69) is 17.1 Å². The van der Waals surface area contributed by atoms with E-state index in [1.807, 2.05) is 0 Å². The molecule has 1 fully saturated rings. The molecule has 116 valence electrons. The number of rotatable bonds is 5. The van der Waals surface area contributed by atoms with Crippen LogP contribution in [0.1, 0.15) is 48.5 Å². The lowest BCUT2D eigenvalue weighted by atomic mass is 10.0. The number of carbonyl (C=O) groups excluding carboxylic acids is 1. The lowest BCUT2D eigenvalue weighted by Crippen LogP contribution is -2.45. The fourth-order valence-electron chi connectivity index (χ4n) is 2.77. The van der Waals surface area contributed by atoms with Gasteiger partial charge in [-0.3, -0.25) is 4.79 Å². The van der Waals surface area contributed by atoms with Gasteiger partial charge in [-0.25, -0.2) is 4.39 Å². The Kier molecular flexibility index (Phi) is 5.74. The zero-order chi connectivity index (χ0) is 15.2. The van der Waals surface area contributed by atoms with Gasteiger partial charge in [-0.15, -0.1) is 0 Å². The first-order valence-corrected chi connectivity index (χ1v) is 7.90. The summed E-state index contributed by atoms with van der Waals surface area (Å²) >= 11 is 0. The summed E-state index contributed by atoms with van der Waals surface area (Å²) in [6.45, 7) is 7.05. The summed E-state index contributed by atoms with van der Waals surface area (Å²) in [5, 5.41) is 2.97. The maximum absolute atomic E-state index is 13.9. The van der Waals surface area contributed by atoms with Gasteiger partial charge in [0.1, 0.15) is 5.82 Å². The molecule has 0 bridgehead atoms. The van der Waals surface area contributed by atoms with E-state index in [0.717, 1.165) is 32.5 Å². The molecule has 21 heavy (non-hydrogen) atoms. The Hall–Kier alpha value is -1.42. The van der Waals surface area contributed by atoms with E-state index in [0.29, 0.717) is 5.56 Å². The summed E-state index contributed by atoms with van der Waals surface area (Å²) in [4.78, 5) is 14.6. The zero-order valence-corrected chi connectivity index (χ0v) is 13.0. The van der Waals surface area contributed by atoms with Crippen molar-refractivity contribution in [3.05, 3.63) is 35.1 Å². The summed E-state index contributed by atoms with van der Waals surface area (Å²) in [5.74, 6) is -0.696. The van der Waals surface area contributed by atoms with Gasteiger partial charge in [0.2, 0.25) is 0 Å². The van der Waals surface area contributed by atoms with E-state index in [-0.39, 0.29) is 17.5 Å². The Morgan fingerprint density at radius 1 is 1.38 bits per heavy atom. The summed E-state index contributed by atoms with van der Waals surface area (Å²) in [6, 6.07) is 5.11. The van der Waals surface area contributed by atoms with Crippen molar-refractivity contribution in [3.8, 4) is 0 Å². The Morgan fingerprint density at radius 2 is 2.10 bits per heavy atom. The third-order valence-electron chi connectivity index (χ3n) is 4.19. The van der Waals surface area contributed by atoms with Gasteiger partial charge >= 0.3 is 0 Å². The molecule has 3 nitrogen and oxygen atoms in total. The highest BCUT2D eigenvalue weighted by molar-refractivity contribution is 5.94. The highest BCUT2D eigenvalue weighted by atomic mass is 19.1. The first kappa shape index (κ1) is 16.0. The third-order valence-corrected chi connectivity index (χ3v) is 4.19. The maximum atomic E-state index is 13.9. The molecule has 1 heterocycles. The first-order chi connectivity index (χ1) is 10.1. The van der Waals surface area contributed by atoms with Gasteiger partial charge in [0.05, 0.1) is 5.56 Å². The van der Waals surface area contributed by atoms with Crippen LogP contribution in [0.25, 0.3) is 0 Å². The normalized spacial score (nSPS) is 16.9. The minimum absolute atomic E-state index is 0.156. The van der Waals surface area contributed by atoms with Gasteiger partial charge in [0.25, 0.3) is 5.91 Å². The number of aryl methyl sites for hydroxylation is 1. The molecule has 2 rings (SSSR count). The van der Waals surface area contributed by atoms with Gasteiger partial charge < -0.3 is 10.2 Å². The smallest absolute Gasteiger partial charge is 0.254 e. The summed E-state index contributed by atoms with van der Waals surface area (Å²) in [7, 11) is 0. The quantitative estimate of drug-likeness (QED) is 0.904. The predicted molar refractivity (Wildman–Crippen MR) is 83.0 cm³/mol. The molecular weight excluding hydrogens is 267 g/mol. The summed E-state index contributed by atoms with van der Waals surface area (Å²) in [6.07, 6.45) is 4.33. The Balaban J connectivity index is 1.86. The van der Waals surface area contributed by atoms with Crippen LogP contribution in [0.15, 0.2) is 18.2 Å². The molecule has 0 aromatic heterocycles. The topological polar surface area (TPSA) is 32.3 Å². The molecular formula is C17H25FN2O. The lowest BCUT2D eigenvalue weighted by Gasteiger charge is -2.32. The van der Waals surface area contributed by atoms with Crippen molar-refractivity contribution in [2.75, 3.05) is 19.6 Å². The van der Waals surface area contributed by atoms with Crippen molar-refractivity contribution in [3.63, 3.8) is 0 Å². The molecule has 0 spiro atoms. The number of likely N-dealkylation sites (tertiary alicyclic amines) is 1. The Bertz CT molecular complexity index is 482. The fraction of sp³-hybridized carbons (Fsp3) is 0.588. The number of nitrogens with one attached hydrogen (secondary N) is 1. The fourth-order valence-corrected chi connectivity index (χ4v) is 2.77. The second-order valence-electron chi connectivity index (χ2n) is 5.88. The molecule has 0 unspecified atom stereocenters. The third kappa shape index (κ3) is 4.27. The highest BCUT2D eigenvalue weighted by Crippen LogP contribution is 2.15. The van der Waals surface area contributed by atoms with E-state index in [4.69, 9.17) is 0 Å². The molecule has 1 aliphatic heterocycles. The minimum Gasteiger partial charge on any atom is -0.349 e. The van der Waals surface area contributed by atoms with Crippen LogP contribution in [-0.2, 0) is 0 Å². The van der Waals surface area contributed by atoms with E-state index >= 15 is 0 Å². The van der Waals surface area contributed by atoms with E-state index in [9.17, 15) is 9.18 Å². The molecule has 1 aromatic rings. The van der Waals surface area contributed by atoms with Gasteiger partial charge in [-0.2, -0.15) is 0 Å². The number of unbranched alkanes of at least 4 members (excludes halogenated alkanes) is 1. The van der Waals surface area contributed by atoms with Gasteiger partial charge in [-0.05, 0) is 44.4 Å². The lowest BCUT2D eigenvalue weighted by molar-refractivity contribution is 0.0906. The van der Waals surface area contributed by atoms with E-state index in [1.165, 1.54) is 12.8 Å². The average molecular weight is 292 g/mol. The number of hydrogen-bond acceptors (Lipinski definition) is 2. The van der Waals surface area contributed by atoms with Crippen molar-refractivity contribution in [2.45, 2.75) is 45.6 Å². The molecule has 4 heteroatoms. The van der Waals surface area contributed by atoms with Crippen LogP contribution in [0.4, 0.5) is 4.39 Å². The van der Waals surface area contributed by atoms with Crippen LogP contribution < -0.4 is 5.32 Å². The zero-order valence-electron chi connectivity index (χ0n) is 13.0. The van der Waals surface area contributed by atoms with Crippen molar-refractivity contribution in [1.82, 2.24) is 10.2 Å². The van der Waals surface area contributed by atoms with Crippen molar-refractivity contribution in [1.29, 1.82) is 0 Å². The average Bonchev–Trinajstić information content (AvgIpc) is 2.49. The van der Waals surface area contributed by atoms with Gasteiger partial charge in [-0.1, -0.05) is 25.5 Å². The van der Waals surface area contributed by atoms with Crippen molar-refractivity contribution in [2.24, 2.45) is 0 Å². The van der Waals surface area contributed by atoms with Crippen molar-refractivity contribution >= 4 is 5.91 Å². The largest absolute Gasteiger partial charge is 0.349 e. The van der Waals surface area contributed by atoms with Crippen LogP contribution in [0, 0.1) is 12.7 Å². The van der Waals surface area contributed by atoms with E-state index < -0.39 is 5.82 Å². The maximum Gasteiger partial charge on any atom is 0.254 e. The second-order valence-corrected chi connectivity index (χ2v) is 5.88.